The Kier molecular flexibility index (Phi) is 13.2. The molecule has 2 aromatic rings. The van der Waals surface area contributed by atoms with E-state index < -0.39 is 26.4 Å². The molecule has 0 saturated carbocycles. The van der Waals surface area contributed by atoms with Crippen molar-refractivity contribution in [1.82, 2.24) is 4.90 Å². The number of fused-ring (bicyclic) bond motifs is 2. The molecular formula is C41H62NO8PSi. The summed E-state index contributed by atoms with van der Waals surface area (Å²) < 4.78 is 39.2. The van der Waals surface area contributed by atoms with Gasteiger partial charge in [0.25, 0.3) is 7.37 Å². The van der Waals surface area contributed by atoms with Gasteiger partial charge in [-0.3, -0.25) is 9.46 Å². The number of allylic oxidation sites excluding steroid dienone is 2. The van der Waals surface area contributed by atoms with Gasteiger partial charge in [0, 0.05) is 32.3 Å². The number of nitrogens with zero attached hydrogens (tertiary/aromatic N) is 1. The molecule has 52 heavy (non-hydrogen) atoms. The Morgan fingerprint density at radius 3 is 2.40 bits per heavy atom. The number of unbranched alkanes of at least 4 members (excludes halogenated alkanes) is 1. The minimum Gasteiger partial charge on any atom is -0.493 e. The molecular weight excluding hydrogens is 694 g/mol. The highest BCUT2D eigenvalue weighted by Gasteiger charge is 2.47. The lowest BCUT2D eigenvalue weighted by Gasteiger charge is -2.36. The lowest BCUT2D eigenvalue weighted by atomic mass is 9.89. The molecule has 0 fully saturated rings. The molecule has 4 rings (SSSR count). The van der Waals surface area contributed by atoms with Crippen LogP contribution in [0.1, 0.15) is 118 Å². The monoisotopic (exact) mass is 755 g/mol. The van der Waals surface area contributed by atoms with Crippen molar-refractivity contribution in [3.05, 3.63) is 68.8 Å². The molecule has 0 spiro atoms. The van der Waals surface area contributed by atoms with Crippen molar-refractivity contribution >= 4 is 27.5 Å². The SMILES string of the molecule is CCCCC(O)(CC)P(=O)(C/C(C)=C/Cc1c(CC)c(C)c2c(c1OCC[Si](C)(C)C)C(=O)OC2)Oc1ccc2c(c1)CN(C(=O)OC(C)(C)C)C2. The maximum atomic E-state index is 15.2. The molecule has 0 saturated heterocycles. The van der Waals surface area contributed by atoms with Crippen molar-refractivity contribution in [3.8, 4) is 11.5 Å². The highest BCUT2D eigenvalue weighted by atomic mass is 31.2. The lowest BCUT2D eigenvalue weighted by Crippen LogP contribution is -2.33. The van der Waals surface area contributed by atoms with Crippen LogP contribution in [-0.2, 0) is 46.6 Å². The van der Waals surface area contributed by atoms with Gasteiger partial charge < -0.3 is 23.8 Å². The number of aliphatic hydroxyl groups is 1. The smallest absolute Gasteiger partial charge is 0.410 e. The van der Waals surface area contributed by atoms with Gasteiger partial charge >= 0.3 is 12.1 Å². The van der Waals surface area contributed by atoms with Crippen molar-refractivity contribution in [2.24, 2.45) is 0 Å². The second-order valence-corrected chi connectivity index (χ2v) is 25.0. The summed E-state index contributed by atoms with van der Waals surface area (Å²) in [5.74, 6) is 0.660. The molecule has 2 heterocycles. The Labute approximate surface area is 312 Å². The number of benzene rings is 2. The molecule has 0 aliphatic carbocycles. The van der Waals surface area contributed by atoms with E-state index in [0.717, 1.165) is 57.8 Å². The Morgan fingerprint density at radius 2 is 1.79 bits per heavy atom. The average Bonchev–Trinajstić information content (AvgIpc) is 3.66. The van der Waals surface area contributed by atoms with E-state index in [9.17, 15) is 14.7 Å². The molecule has 2 atom stereocenters. The van der Waals surface area contributed by atoms with E-state index in [4.69, 9.17) is 18.7 Å². The number of rotatable bonds is 16. The molecule has 1 N–H and O–H groups in total. The predicted molar refractivity (Wildman–Crippen MR) is 211 cm³/mol. The van der Waals surface area contributed by atoms with Gasteiger partial charge in [-0.25, -0.2) is 9.59 Å². The van der Waals surface area contributed by atoms with Gasteiger partial charge in [-0.05, 0) is 101 Å². The summed E-state index contributed by atoms with van der Waals surface area (Å²) in [6.07, 6.45) is 5.12. The quantitative estimate of drug-likeness (QED) is 0.0780. The largest absolute Gasteiger partial charge is 0.493 e. The first-order valence-electron chi connectivity index (χ1n) is 19.0. The number of hydrogen-bond donors (Lipinski definition) is 1. The molecule has 0 bridgehead atoms. The molecule has 0 radical (unpaired) electrons. The molecule has 2 unspecified atom stereocenters. The first-order chi connectivity index (χ1) is 24.2. The Bertz CT molecular complexity index is 1720. The Morgan fingerprint density at radius 1 is 1.10 bits per heavy atom. The predicted octanol–water partition coefficient (Wildman–Crippen LogP) is 10.3. The van der Waals surface area contributed by atoms with Gasteiger partial charge in [0.1, 0.15) is 29.3 Å². The first kappa shape index (κ1) is 41.7. The summed E-state index contributed by atoms with van der Waals surface area (Å²) in [4.78, 5) is 27.5. The van der Waals surface area contributed by atoms with E-state index in [1.54, 1.807) is 11.0 Å². The number of hydrogen-bond acceptors (Lipinski definition) is 8. The Hall–Kier alpha value is -3.07. The van der Waals surface area contributed by atoms with Crippen LogP contribution in [0.15, 0.2) is 29.8 Å². The van der Waals surface area contributed by atoms with E-state index in [1.807, 2.05) is 66.7 Å². The van der Waals surface area contributed by atoms with Crippen LogP contribution in [0.5, 0.6) is 11.5 Å². The fourth-order valence-corrected chi connectivity index (χ4v) is 10.4. The van der Waals surface area contributed by atoms with E-state index in [0.29, 0.717) is 56.0 Å². The normalized spacial score (nSPS) is 16.9. The molecule has 0 aromatic heterocycles. The number of esters is 1. The van der Waals surface area contributed by atoms with E-state index in [-0.39, 0.29) is 31.3 Å². The summed E-state index contributed by atoms with van der Waals surface area (Å²) in [7, 11) is -5.17. The maximum absolute atomic E-state index is 15.2. The lowest BCUT2D eigenvalue weighted by molar-refractivity contribution is 0.0241. The molecule has 2 aromatic carbocycles. The summed E-state index contributed by atoms with van der Waals surface area (Å²) in [5.41, 5.74) is 6.66. The van der Waals surface area contributed by atoms with Gasteiger partial charge in [0.05, 0.1) is 12.8 Å². The van der Waals surface area contributed by atoms with Gasteiger partial charge in [0.15, 0.2) is 5.34 Å². The summed E-state index contributed by atoms with van der Waals surface area (Å²) in [5, 5.41) is 10.6. The first-order valence-corrected chi connectivity index (χ1v) is 24.5. The second-order valence-electron chi connectivity index (χ2n) is 16.7. The van der Waals surface area contributed by atoms with E-state index >= 15 is 4.57 Å². The summed E-state index contributed by atoms with van der Waals surface area (Å²) in [6, 6.07) is 6.47. The summed E-state index contributed by atoms with van der Waals surface area (Å²) in [6.45, 7) is 24.0. The molecule has 2 aliphatic heterocycles. The minimum absolute atomic E-state index is 0.0570. The number of amides is 1. The highest BCUT2D eigenvalue weighted by Crippen LogP contribution is 2.62. The van der Waals surface area contributed by atoms with Crippen molar-refractivity contribution in [2.75, 3.05) is 12.8 Å². The zero-order chi connectivity index (χ0) is 38.6. The maximum Gasteiger partial charge on any atom is 0.410 e. The topological polar surface area (TPSA) is 112 Å². The molecule has 288 valence electrons. The van der Waals surface area contributed by atoms with Crippen molar-refractivity contribution < 1.29 is 38.0 Å². The molecule has 11 heteroatoms. The number of cyclic esters (lactones) is 1. The van der Waals surface area contributed by atoms with Gasteiger partial charge in [-0.2, -0.15) is 0 Å². The van der Waals surface area contributed by atoms with Crippen LogP contribution >= 0.6 is 7.37 Å². The average molecular weight is 756 g/mol. The van der Waals surface area contributed by atoms with Crippen LogP contribution in [0, 0.1) is 6.92 Å². The van der Waals surface area contributed by atoms with E-state index in [1.165, 1.54) is 0 Å². The third-order valence-electron chi connectivity index (χ3n) is 10.1. The van der Waals surface area contributed by atoms with Crippen LogP contribution in [0.25, 0.3) is 0 Å². The summed E-state index contributed by atoms with van der Waals surface area (Å²) >= 11 is 0. The van der Waals surface area contributed by atoms with Gasteiger partial charge in [-0.15, -0.1) is 0 Å². The van der Waals surface area contributed by atoms with Crippen molar-refractivity contribution in [2.45, 2.75) is 150 Å². The van der Waals surface area contributed by atoms with Gasteiger partial charge in [0.2, 0.25) is 0 Å². The molecule has 9 nitrogen and oxygen atoms in total. The van der Waals surface area contributed by atoms with Crippen LogP contribution in [0.3, 0.4) is 0 Å². The fraction of sp³-hybridized carbons (Fsp3) is 0.610. The standard InChI is InChI=1S/C41H62NO8PSi/c1-12-15-20-41(45,14-3)51(46,50-32-18-17-30-24-42(25-31(30)23-32)39(44)49-40(6,7)8)27-28(4)16-19-34-33(13-2)29(5)35-26-48-38(43)36(35)37(34)47-21-22-52(9,10)11/h16-18,23,45H,12-15,19-22,24-27H2,1-11H3/b28-16+. The second kappa shape index (κ2) is 16.5. The zero-order valence-electron chi connectivity index (χ0n) is 33.5. The number of carbonyl (C=O) groups excluding carboxylic acids is 2. The van der Waals surface area contributed by atoms with Crippen LogP contribution in [0.2, 0.25) is 25.7 Å². The molecule has 2 aliphatic rings. The number of carbonyl (C=O) groups is 2. The number of ether oxygens (including phenoxy) is 3. The zero-order valence-corrected chi connectivity index (χ0v) is 35.4. The van der Waals surface area contributed by atoms with Crippen molar-refractivity contribution in [1.29, 1.82) is 0 Å². The van der Waals surface area contributed by atoms with Gasteiger partial charge in [-0.1, -0.05) is 71.0 Å². The Balaban J connectivity index is 1.67. The third kappa shape index (κ3) is 9.72. The third-order valence-corrected chi connectivity index (χ3v) is 15.1. The minimum atomic E-state index is -3.78. The van der Waals surface area contributed by atoms with Crippen molar-refractivity contribution in [3.63, 3.8) is 0 Å². The van der Waals surface area contributed by atoms with Crippen LogP contribution in [-0.4, -0.2) is 53.9 Å². The molecule has 1 amide bonds. The fourth-order valence-electron chi connectivity index (χ4n) is 6.98. The highest BCUT2D eigenvalue weighted by molar-refractivity contribution is 7.61. The van der Waals surface area contributed by atoms with E-state index in [2.05, 4.69) is 26.6 Å². The van der Waals surface area contributed by atoms with Crippen LogP contribution in [0.4, 0.5) is 4.79 Å². The van der Waals surface area contributed by atoms with Crippen LogP contribution < -0.4 is 9.26 Å².